The van der Waals surface area contributed by atoms with Crippen molar-refractivity contribution in [1.82, 2.24) is 24.3 Å². The fraction of sp³-hybridized carbons (Fsp3) is 0.476. The summed E-state index contributed by atoms with van der Waals surface area (Å²) in [5, 5.41) is 14.2. The van der Waals surface area contributed by atoms with Crippen LogP contribution in [-0.4, -0.2) is 84.4 Å². The Morgan fingerprint density at radius 3 is 2.00 bits per heavy atom. The standard InChI is InChI=1S/C17H21N5O.2C2HF3O2/c1-20-12-19-15-11-21(9-13-5-2-3-6-18-13)10-14(16(15)20)17(23)22-7-4-8-22;2*3-2(4,5)1(6)7/h2-3,5-6,12,14H,4,7-11H2,1H3;2*(H,6,7). The Labute approximate surface area is 206 Å². The van der Waals surface area contributed by atoms with Gasteiger partial charge in [-0.25, -0.2) is 14.6 Å². The number of carboxylic acids is 2. The van der Waals surface area contributed by atoms with Gasteiger partial charge in [0, 0.05) is 46.0 Å². The first-order chi connectivity index (χ1) is 17.1. The molecule has 4 rings (SSSR count). The molecule has 10 nitrogen and oxygen atoms in total. The van der Waals surface area contributed by atoms with Crippen LogP contribution < -0.4 is 0 Å². The van der Waals surface area contributed by atoms with E-state index in [0.717, 1.165) is 56.2 Å². The molecule has 2 aliphatic rings. The Bertz CT molecular complexity index is 1060. The molecule has 2 aliphatic heterocycles. The largest absolute Gasteiger partial charge is 0.490 e. The van der Waals surface area contributed by atoms with Crippen molar-refractivity contribution >= 4 is 17.8 Å². The summed E-state index contributed by atoms with van der Waals surface area (Å²) in [4.78, 5) is 43.8. The summed E-state index contributed by atoms with van der Waals surface area (Å²) in [5.41, 5.74) is 3.13. The van der Waals surface area contributed by atoms with Gasteiger partial charge in [-0.15, -0.1) is 0 Å². The van der Waals surface area contributed by atoms with Crippen LogP contribution in [0.4, 0.5) is 26.3 Å². The molecular formula is C21H23F6N5O5. The highest BCUT2D eigenvalue weighted by atomic mass is 19.4. The number of carboxylic acid groups (broad SMARTS) is 2. The van der Waals surface area contributed by atoms with E-state index in [0.29, 0.717) is 0 Å². The average molecular weight is 539 g/mol. The van der Waals surface area contributed by atoms with Crippen LogP contribution in [0.5, 0.6) is 0 Å². The molecule has 204 valence electrons. The van der Waals surface area contributed by atoms with E-state index in [2.05, 4.69) is 14.9 Å². The van der Waals surface area contributed by atoms with Crippen LogP contribution in [0.3, 0.4) is 0 Å². The Morgan fingerprint density at radius 1 is 1.00 bits per heavy atom. The second kappa shape index (κ2) is 12.0. The van der Waals surface area contributed by atoms with Gasteiger partial charge < -0.3 is 19.7 Å². The number of hydrogen-bond acceptors (Lipinski definition) is 6. The minimum Gasteiger partial charge on any atom is -0.475 e. The van der Waals surface area contributed by atoms with E-state index in [-0.39, 0.29) is 11.8 Å². The minimum absolute atomic E-state index is 0.115. The Morgan fingerprint density at radius 2 is 1.57 bits per heavy atom. The van der Waals surface area contributed by atoms with Crippen LogP contribution in [0.2, 0.25) is 0 Å². The van der Waals surface area contributed by atoms with Crippen molar-refractivity contribution in [2.75, 3.05) is 19.6 Å². The van der Waals surface area contributed by atoms with E-state index in [9.17, 15) is 31.1 Å². The molecule has 1 atom stereocenters. The number of aromatic nitrogens is 3. The highest BCUT2D eigenvalue weighted by molar-refractivity contribution is 5.84. The molecule has 37 heavy (non-hydrogen) atoms. The van der Waals surface area contributed by atoms with E-state index >= 15 is 0 Å². The van der Waals surface area contributed by atoms with Crippen molar-refractivity contribution in [3.63, 3.8) is 0 Å². The molecule has 1 fully saturated rings. The number of nitrogens with zero attached hydrogens (tertiary/aromatic N) is 5. The van der Waals surface area contributed by atoms with Crippen LogP contribution >= 0.6 is 0 Å². The molecule has 0 saturated carbocycles. The number of halogens is 6. The van der Waals surface area contributed by atoms with E-state index in [1.165, 1.54) is 0 Å². The van der Waals surface area contributed by atoms with Crippen molar-refractivity contribution in [1.29, 1.82) is 0 Å². The van der Waals surface area contributed by atoms with E-state index < -0.39 is 24.3 Å². The maximum absolute atomic E-state index is 12.8. The first-order valence-corrected chi connectivity index (χ1v) is 10.6. The molecule has 2 aromatic heterocycles. The van der Waals surface area contributed by atoms with Crippen LogP contribution in [-0.2, 0) is 34.5 Å². The number of alkyl halides is 6. The number of imidazole rings is 1. The Hall–Kier alpha value is -3.69. The number of carbonyl (C=O) groups is 3. The third-order valence-corrected chi connectivity index (χ3v) is 5.27. The predicted molar refractivity (Wildman–Crippen MR) is 113 cm³/mol. The number of likely N-dealkylation sites (tertiary alicyclic amines) is 1. The quantitative estimate of drug-likeness (QED) is 0.570. The Balaban J connectivity index is 0.000000286. The first kappa shape index (κ1) is 29.5. The summed E-state index contributed by atoms with van der Waals surface area (Å²) in [7, 11) is 1.98. The van der Waals surface area contributed by atoms with Gasteiger partial charge in [-0.2, -0.15) is 26.3 Å². The van der Waals surface area contributed by atoms with Crippen LogP contribution in [0.25, 0.3) is 0 Å². The van der Waals surface area contributed by atoms with Gasteiger partial charge in [0.2, 0.25) is 5.91 Å². The molecule has 0 radical (unpaired) electrons. The lowest BCUT2D eigenvalue weighted by Gasteiger charge is -2.38. The molecule has 1 amide bonds. The zero-order chi connectivity index (χ0) is 28.0. The normalized spacial score (nSPS) is 17.3. The predicted octanol–water partition coefficient (Wildman–Crippen LogP) is 2.41. The number of carbonyl (C=O) groups excluding carboxylic acids is 1. The van der Waals surface area contributed by atoms with Gasteiger partial charge in [0.15, 0.2) is 0 Å². The third-order valence-electron chi connectivity index (χ3n) is 5.27. The van der Waals surface area contributed by atoms with E-state index in [4.69, 9.17) is 19.8 Å². The lowest BCUT2D eigenvalue weighted by molar-refractivity contribution is -0.193. The van der Waals surface area contributed by atoms with Gasteiger partial charge in [-0.3, -0.25) is 14.7 Å². The second-order valence-corrected chi connectivity index (χ2v) is 8.02. The van der Waals surface area contributed by atoms with Gasteiger partial charge in [-0.05, 0) is 18.6 Å². The summed E-state index contributed by atoms with van der Waals surface area (Å²) >= 11 is 0. The van der Waals surface area contributed by atoms with Crippen LogP contribution in [0.1, 0.15) is 29.4 Å². The fourth-order valence-corrected chi connectivity index (χ4v) is 3.47. The molecule has 2 aromatic rings. The molecule has 0 bridgehead atoms. The number of amides is 1. The summed E-state index contributed by atoms with van der Waals surface area (Å²) in [5.74, 6) is -5.39. The number of rotatable bonds is 3. The van der Waals surface area contributed by atoms with Gasteiger partial charge in [0.25, 0.3) is 0 Å². The molecule has 0 spiro atoms. The Kier molecular flexibility index (Phi) is 9.61. The summed E-state index contributed by atoms with van der Waals surface area (Å²) in [6.45, 7) is 4.04. The molecule has 2 N–H and O–H groups in total. The smallest absolute Gasteiger partial charge is 0.475 e. The van der Waals surface area contributed by atoms with Gasteiger partial charge in [-0.1, -0.05) is 6.07 Å². The van der Waals surface area contributed by atoms with Crippen LogP contribution in [0.15, 0.2) is 30.7 Å². The summed E-state index contributed by atoms with van der Waals surface area (Å²) < 4.78 is 65.5. The van der Waals surface area contributed by atoms with Gasteiger partial charge >= 0.3 is 24.3 Å². The number of aryl methyl sites for hydroxylation is 1. The molecule has 0 aliphatic carbocycles. The SMILES string of the molecule is Cn1cnc2c1C(C(=O)N1CCC1)CN(Cc1ccccn1)C2.O=C(O)C(F)(F)F.O=C(O)C(F)(F)F. The van der Waals surface area contributed by atoms with Gasteiger partial charge in [0.05, 0.1) is 29.3 Å². The summed E-state index contributed by atoms with van der Waals surface area (Å²) in [6.07, 6.45) is -5.41. The van der Waals surface area contributed by atoms with Gasteiger partial charge in [0.1, 0.15) is 0 Å². The van der Waals surface area contributed by atoms with Crippen molar-refractivity contribution in [3.8, 4) is 0 Å². The minimum atomic E-state index is -5.08. The lowest BCUT2D eigenvalue weighted by atomic mass is 9.95. The lowest BCUT2D eigenvalue weighted by Crippen LogP contribution is -2.48. The highest BCUT2D eigenvalue weighted by Gasteiger charge is 2.39. The van der Waals surface area contributed by atoms with E-state index in [1.54, 1.807) is 0 Å². The van der Waals surface area contributed by atoms with Crippen molar-refractivity contribution in [2.24, 2.45) is 7.05 Å². The van der Waals surface area contributed by atoms with E-state index in [1.807, 2.05) is 47.2 Å². The molecule has 4 heterocycles. The third kappa shape index (κ3) is 8.44. The molecule has 0 aromatic carbocycles. The number of aliphatic carboxylic acids is 2. The maximum Gasteiger partial charge on any atom is 0.490 e. The first-order valence-electron chi connectivity index (χ1n) is 10.6. The fourth-order valence-electron chi connectivity index (χ4n) is 3.47. The molecule has 1 unspecified atom stereocenters. The monoisotopic (exact) mass is 539 g/mol. The zero-order valence-electron chi connectivity index (χ0n) is 19.3. The topological polar surface area (TPSA) is 129 Å². The zero-order valence-corrected chi connectivity index (χ0v) is 19.3. The maximum atomic E-state index is 12.8. The number of hydrogen-bond donors (Lipinski definition) is 2. The van der Waals surface area contributed by atoms with Crippen molar-refractivity contribution in [3.05, 3.63) is 47.8 Å². The number of pyridine rings is 1. The van der Waals surface area contributed by atoms with Crippen molar-refractivity contribution in [2.45, 2.75) is 37.8 Å². The molecule has 1 saturated heterocycles. The van der Waals surface area contributed by atoms with Crippen LogP contribution in [0, 0.1) is 0 Å². The number of fused-ring (bicyclic) bond motifs is 1. The average Bonchev–Trinajstić information content (AvgIpc) is 3.13. The van der Waals surface area contributed by atoms with Crippen molar-refractivity contribution < 1.29 is 50.9 Å². The molecular weight excluding hydrogens is 516 g/mol. The second-order valence-electron chi connectivity index (χ2n) is 8.02. The molecule has 16 heteroatoms. The highest BCUT2D eigenvalue weighted by Crippen LogP contribution is 2.30. The summed E-state index contributed by atoms with van der Waals surface area (Å²) in [6, 6.07) is 5.95.